The maximum absolute atomic E-state index is 9.93. The van der Waals surface area contributed by atoms with Gasteiger partial charge < -0.3 is 4.57 Å². The molecule has 0 amide bonds. The first-order chi connectivity index (χ1) is 25.7. The Morgan fingerprint density at radius 1 is 0.385 bits per heavy atom. The topological polar surface area (TPSA) is 72.3 Å². The molecule has 10 rings (SSSR count). The van der Waals surface area contributed by atoms with Crippen molar-refractivity contribution in [3.8, 4) is 51.6 Å². The zero-order valence-corrected chi connectivity index (χ0v) is 27.8. The highest BCUT2D eigenvalue weighted by Gasteiger charge is 2.20. The van der Waals surface area contributed by atoms with Crippen LogP contribution in [0.1, 0.15) is 5.56 Å². The van der Waals surface area contributed by atoms with Crippen molar-refractivity contribution in [3.05, 3.63) is 175 Å². The Hall–Kier alpha value is -7.36. The Morgan fingerprint density at radius 2 is 0.865 bits per heavy atom. The molecule has 0 spiro atoms. The van der Waals surface area contributed by atoms with Crippen LogP contribution in [0, 0.1) is 11.3 Å². The number of aromatic nitrogens is 5. The zero-order valence-electron chi connectivity index (χ0n) is 27.8. The average molecular weight is 665 g/mol. The molecule has 52 heavy (non-hydrogen) atoms. The second-order valence-corrected chi connectivity index (χ2v) is 12.8. The molecule has 0 atom stereocenters. The van der Waals surface area contributed by atoms with Gasteiger partial charge >= 0.3 is 0 Å². The summed E-state index contributed by atoms with van der Waals surface area (Å²) < 4.78 is 4.42. The van der Waals surface area contributed by atoms with Gasteiger partial charge in [0.15, 0.2) is 11.6 Å². The summed E-state index contributed by atoms with van der Waals surface area (Å²) in [7, 11) is 0. The van der Waals surface area contributed by atoms with Gasteiger partial charge in [-0.15, -0.1) is 0 Å². The molecule has 0 unspecified atom stereocenters. The van der Waals surface area contributed by atoms with E-state index in [-0.39, 0.29) is 0 Å². The third-order valence-corrected chi connectivity index (χ3v) is 9.80. The van der Waals surface area contributed by atoms with E-state index in [1.807, 2.05) is 84.9 Å². The number of rotatable bonds is 5. The molecular formula is C46H28N6. The number of fused-ring (bicyclic) bond motifs is 6. The van der Waals surface area contributed by atoms with Crippen molar-refractivity contribution in [2.75, 3.05) is 0 Å². The first kappa shape index (κ1) is 29.5. The molecule has 0 radical (unpaired) electrons. The minimum absolute atomic E-state index is 0.514. The Balaban J connectivity index is 1.20. The Labute approximate surface area is 299 Å². The molecule has 242 valence electrons. The fraction of sp³-hybridized carbons (Fsp3) is 0. The lowest BCUT2D eigenvalue weighted by Gasteiger charge is -2.11. The Morgan fingerprint density at radius 3 is 1.48 bits per heavy atom. The van der Waals surface area contributed by atoms with Crippen molar-refractivity contribution in [1.82, 2.24) is 24.1 Å². The fourth-order valence-electron chi connectivity index (χ4n) is 7.39. The zero-order chi connectivity index (χ0) is 34.6. The molecule has 6 heteroatoms. The highest BCUT2D eigenvalue weighted by atomic mass is 15.2. The summed E-state index contributed by atoms with van der Waals surface area (Å²) in [5.41, 5.74) is 9.92. The van der Waals surface area contributed by atoms with E-state index in [1.54, 1.807) is 0 Å². The van der Waals surface area contributed by atoms with Gasteiger partial charge in [-0.25, -0.2) is 4.98 Å². The fourth-order valence-corrected chi connectivity index (χ4v) is 7.39. The molecule has 0 bridgehead atoms. The number of hydrogen-bond acceptors (Lipinski definition) is 4. The number of nitriles is 1. The largest absolute Gasteiger partial charge is 0.309 e. The highest BCUT2D eigenvalue weighted by molar-refractivity contribution is 6.12. The number of hydrogen-bond donors (Lipinski definition) is 0. The van der Waals surface area contributed by atoms with Crippen LogP contribution < -0.4 is 0 Å². The number of para-hydroxylation sites is 2. The minimum atomic E-state index is 0.514. The lowest BCUT2D eigenvalue weighted by Crippen LogP contribution is -2.06. The van der Waals surface area contributed by atoms with Crippen molar-refractivity contribution in [3.63, 3.8) is 0 Å². The Bertz CT molecular complexity index is 2950. The molecule has 0 fully saturated rings. The van der Waals surface area contributed by atoms with Crippen LogP contribution >= 0.6 is 0 Å². The van der Waals surface area contributed by atoms with Crippen LogP contribution in [0.5, 0.6) is 0 Å². The molecule has 6 nitrogen and oxygen atoms in total. The maximum atomic E-state index is 9.93. The predicted octanol–water partition coefficient (Wildman–Crippen LogP) is 10.9. The van der Waals surface area contributed by atoms with Crippen LogP contribution in [0.2, 0.25) is 0 Å². The predicted molar refractivity (Wildman–Crippen MR) is 210 cm³/mol. The second-order valence-electron chi connectivity index (χ2n) is 12.8. The van der Waals surface area contributed by atoms with Crippen molar-refractivity contribution < 1.29 is 0 Å². The summed E-state index contributed by atoms with van der Waals surface area (Å²) in [5.74, 6) is 1.70. The molecule has 0 aliphatic heterocycles. The lowest BCUT2D eigenvalue weighted by atomic mass is 10.0. The number of nitrogens with zero attached hydrogens (tertiary/aromatic N) is 6. The van der Waals surface area contributed by atoms with Crippen LogP contribution in [0.4, 0.5) is 0 Å². The van der Waals surface area contributed by atoms with Crippen molar-refractivity contribution in [2.24, 2.45) is 0 Å². The van der Waals surface area contributed by atoms with Gasteiger partial charge in [-0.05, 0) is 71.8 Å². The summed E-state index contributed by atoms with van der Waals surface area (Å²) in [5, 5.41) is 14.3. The quantitative estimate of drug-likeness (QED) is 0.184. The third kappa shape index (κ3) is 4.76. The molecule has 0 aliphatic carbocycles. The van der Waals surface area contributed by atoms with Crippen LogP contribution in [-0.4, -0.2) is 24.1 Å². The SMILES string of the molecule is N#Cc1ccc2c(c1)c1cc(-c3ccc4c(c3)c3ccccc3n4-c3ccccc3)ccc1n2-c1nc(-c2ccccc2)nc(-c2ccccc2)n1. The van der Waals surface area contributed by atoms with Crippen molar-refractivity contribution >= 4 is 43.6 Å². The van der Waals surface area contributed by atoms with E-state index in [2.05, 4.69) is 100 Å². The smallest absolute Gasteiger partial charge is 0.238 e. The molecule has 10 aromatic rings. The normalized spacial score (nSPS) is 11.4. The minimum Gasteiger partial charge on any atom is -0.309 e. The van der Waals surface area contributed by atoms with Gasteiger partial charge in [0, 0.05) is 38.4 Å². The van der Waals surface area contributed by atoms with Gasteiger partial charge in [-0.3, -0.25) is 4.57 Å². The molecule has 7 aromatic carbocycles. The van der Waals surface area contributed by atoms with Gasteiger partial charge in [0.05, 0.1) is 33.7 Å². The van der Waals surface area contributed by atoms with E-state index in [0.717, 1.165) is 55.3 Å². The van der Waals surface area contributed by atoms with E-state index in [1.165, 1.54) is 16.3 Å². The summed E-state index contributed by atoms with van der Waals surface area (Å²) >= 11 is 0. The van der Waals surface area contributed by atoms with Crippen molar-refractivity contribution in [1.29, 1.82) is 5.26 Å². The summed E-state index contributed by atoms with van der Waals surface area (Å²) in [4.78, 5) is 15.0. The second kappa shape index (κ2) is 11.9. The van der Waals surface area contributed by atoms with Crippen molar-refractivity contribution in [2.45, 2.75) is 0 Å². The molecule has 0 N–H and O–H groups in total. The monoisotopic (exact) mass is 664 g/mol. The molecule has 3 aromatic heterocycles. The van der Waals surface area contributed by atoms with Gasteiger partial charge in [0.1, 0.15) is 0 Å². The lowest BCUT2D eigenvalue weighted by molar-refractivity contribution is 0.953. The van der Waals surface area contributed by atoms with Crippen LogP contribution in [0.15, 0.2) is 170 Å². The van der Waals surface area contributed by atoms with Crippen LogP contribution in [0.25, 0.3) is 89.2 Å². The van der Waals surface area contributed by atoms with E-state index < -0.39 is 0 Å². The first-order valence-corrected chi connectivity index (χ1v) is 17.2. The molecule has 0 saturated heterocycles. The highest BCUT2D eigenvalue weighted by Crippen LogP contribution is 2.38. The summed E-state index contributed by atoms with van der Waals surface area (Å²) in [6, 6.07) is 60.5. The van der Waals surface area contributed by atoms with Crippen LogP contribution in [-0.2, 0) is 0 Å². The molecule has 0 saturated carbocycles. The molecular weight excluding hydrogens is 637 g/mol. The standard InChI is InChI=1S/C46H28N6/c47-29-30-20-23-42-37(26-30)39-28-34(33-21-24-41-38(27-33)36-18-10-11-19-40(36)51(41)35-16-8-3-9-17-35)22-25-43(39)52(42)46-49-44(31-12-4-1-5-13-31)48-45(50-46)32-14-6-2-7-15-32/h1-28H. The van der Waals surface area contributed by atoms with E-state index >= 15 is 0 Å². The average Bonchev–Trinajstić information content (AvgIpc) is 3.73. The molecule has 3 heterocycles. The van der Waals surface area contributed by atoms with Gasteiger partial charge in [0.25, 0.3) is 0 Å². The molecule has 0 aliphatic rings. The third-order valence-electron chi connectivity index (χ3n) is 9.80. The van der Waals surface area contributed by atoms with Gasteiger partial charge in [-0.1, -0.05) is 109 Å². The van der Waals surface area contributed by atoms with Gasteiger partial charge in [-0.2, -0.15) is 15.2 Å². The number of benzene rings is 7. The van der Waals surface area contributed by atoms with E-state index in [4.69, 9.17) is 15.0 Å². The summed E-state index contributed by atoms with van der Waals surface area (Å²) in [6.07, 6.45) is 0. The summed E-state index contributed by atoms with van der Waals surface area (Å²) in [6.45, 7) is 0. The Kier molecular flexibility index (Phi) is 6.76. The maximum Gasteiger partial charge on any atom is 0.238 e. The first-order valence-electron chi connectivity index (χ1n) is 17.2. The van der Waals surface area contributed by atoms with E-state index in [0.29, 0.717) is 23.2 Å². The van der Waals surface area contributed by atoms with Gasteiger partial charge in [0.2, 0.25) is 5.95 Å². The van der Waals surface area contributed by atoms with E-state index in [9.17, 15) is 5.26 Å². The van der Waals surface area contributed by atoms with Crippen LogP contribution in [0.3, 0.4) is 0 Å².